The van der Waals surface area contributed by atoms with Gasteiger partial charge in [-0.3, -0.25) is 4.79 Å². The van der Waals surface area contributed by atoms with E-state index in [9.17, 15) is 4.79 Å². The van der Waals surface area contributed by atoms with Crippen molar-refractivity contribution in [1.29, 1.82) is 0 Å². The van der Waals surface area contributed by atoms with Gasteiger partial charge in [0, 0.05) is 16.8 Å². The second kappa shape index (κ2) is 8.19. The molecule has 0 aliphatic heterocycles. The van der Waals surface area contributed by atoms with Gasteiger partial charge in [-0.05, 0) is 67.4 Å². The van der Waals surface area contributed by atoms with Gasteiger partial charge in [-0.25, -0.2) is 4.98 Å². The predicted molar refractivity (Wildman–Crippen MR) is 114 cm³/mol. The highest BCUT2D eigenvalue weighted by Gasteiger charge is 2.11. The topological polar surface area (TPSA) is 64.4 Å². The number of aromatic nitrogens is 1. The molecule has 0 saturated heterocycles. The Morgan fingerprint density at radius 2 is 1.93 bits per heavy atom. The van der Waals surface area contributed by atoms with Gasteiger partial charge in [-0.2, -0.15) is 0 Å². The molecule has 5 heteroatoms. The SMILES string of the molecule is CCCOc1cccc(C(=O)Nc2cccc(-c3nc4cc(C)ccc4o3)c2)c1. The van der Waals surface area contributed by atoms with E-state index in [4.69, 9.17) is 9.15 Å². The third-order valence-corrected chi connectivity index (χ3v) is 4.48. The van der Waals surface area contributed by atoms with Crippen molar-refractivity contribution in [3.63, 3.8) is 0 Å². The summed E-state index contributed by atoms with van der Waals surface area (Å²) in [6.45, 7) is 4.69. The van der Waals surface area contributed by atoms with Crippen molar-refractivity contribution < 1.29 is 13.9 Å². The third kappa shape index (κ3) is 4.29. The van der Waals surface area contributed by atoms with Gasteiger partial charge < -0.3 is 14.5 Å². The molecule has 0 aliphatic carbocycles. The minimum absolute atomic E-state index is 0.197. The van der Waals surface area contributed by atoms with E-state index >= 15 is 0 Å². The summed E-state index contributed by atoms with van der Waals surface area (Å²) in [5.74, 6) is 1.02. The smallest absolute Gasteiger partial charge is 0.255 e. The van der Waals surface area contributed by atoms with Gasteiger partial charge in [-0.1, -0.05) is 25.1 Å². The van der Waals surface area contributed by atoms with Crippen LogP contribution in [0.5, 0.6) is 5.75 Å². The van der Waals surface area contributed by atoms with Gasteiger partial charge in [0.25, 0.3) is 5.91 Å². The first-order valence-electron chi connectivity index (χ1n) is 9.64. The second-order valence-electron chi connectivity index (χ2n) is 6.90. The van der Waals surface area contributed by atoms with Crippen molar-refractivity contribution in [2.45, 2.75) is 20.3 Å². The number of benzene rings is 3. The van der Waals surface area contributed by atoms with Gasteiger partial charge in [0.15, 0.2) is 5.58 Å². The highest BCUT2D eigenvalue weighted by atomic mass is 16.5. The first-order chi connectivity index (χ1) is 14.1. The van der Waals surface area contributed by atoms with E-state index in [1.165, 1.54) is 0 Å². The van der Waals surface area contributed by atoms with Crippen LogP contribution in [-0.4, -0.2) is 17.5 Å². The lowest BCUT2D eigenvalue weighted by molar-refractivity contribution is 0.102. The maximum Gasteiger partial charge on any atom is 0.255 e. The summed E-state index contributed by atoms with van der Waals surface area (Å²) in [7, 11) is 0. The Bertz CT molecular complexity index is 1160. The Kier molecular flexibility index (Phi) is 5.29. The number of oxazole rings is 1. The first-order valence-corrected chi connectivity index (χ1v) is 9.64. The molecule has 5 nitrogen and oxygen atoms in total. The molecule has 0 fully saturated rings. The zero-order valence-corrected chi connectivity index (χ0v) is 16.4. The maximum atomic E-state index is 12.7. The lowest BCUT2D eigenvalue weighted by Crippen LogP contribution is -2.12. The molecule has 146 valence electrons. The molecule has 1 aromatic heterocycles. The number of anilines is 1. The average molecular weight is 386 g/mol. The highest BCUT2D eigenvalue weighted by molar-refractivity contribution is 6.04. The van der Waals surface area contributed by atoms with Crippen LogP contribution in [0.3, 0.4) is 0 Å². The number of nitrogens with one attached hydrogen (secondary N) is 1. The standard InChI is InChI=1S/C24H22N2O3/c1-3-12-28-20-9-5-6-17(15-20)23(27)25-19-8-4-7-18(14-19)24-26-21-13-16(2)10-11-22(21)29-24/h4-11,13-15H,3,12H2,1-2H3,(H,25,27). The van der Waals surface area contributed by atoms with E-state index in [2.05, 4.69) is 10.3 Å². The van der Waals surface area contributed by atoms with Crippen LogP contribution in [0.25, 0.3) is 22.6 Å². The van der Waals surface area contributed by atoms with Gasteiger partial charge >= 0.3 is 0 Å². The molecule has 1 N–H and O–H groups in total. The normalized spacial score (nSPS) is 10.8. The fourth-order valence-corrected chi connectivity index (χ4v) is 3.04. The van der Waals surface area contributed by atoms with E-state index in [1.807, 2.05) is 68.4 Å². The lowest BCUT2D eigenvalue weighted by Gasteiger charge is -2.09. The number of rotatable bonds is 6. The Balaban J connectivity index is 1.55. The van der Waals surface area contributed by atoms with Crippen LogP contribution in [0.15, 0.2) is 71.1 Å². The molecule has 29 heavy (non-hydrogen) atoms. The third-order valence-electron chi connectivity index (χ3n) is 4.48. The fourth-order valence-electron chi connectivity index (χ4n) is 3.04. The molecule has 0 radical (unpaired) electrons. The van der Waals surface area contributed by atoms with Crippen LogP contribution in [-0.2, 0) is 0 Å². The van der Waals surface area contributed by atoms with Crippen LogP contribution >= 0.6 is 0 Å². The Labute approximate surface area is 169 Å². The number of hydrogen-bond donors (Lipinski definition) is 1. The molecule has 0 spiro atoms. The molecule has 1 amide bonds. The first kappa shape index (κ1) is 18.7. The van der Waals surface area contributed by atoms with Crippen LogP contribution in [0, 0.1) is 6.92 Å². The zero-order valence-electron chi connectivity index (χ0n) is 16.4. The van der Waals surface area contributed by atoms with Gasteiger partial charge in [0.2, 0.25) is 5.89 Å². The molecule has 3 aromatic carbocycles. The number of carbonyl (C=O) groups is 1. The molecule has 0 aliphatic rings. The summed E-state index contributed by atoms with van der Waals surface area (Å²) in [5, 5.41) is 2.93. The number of fused-ring (bicyclic) bond motifs is 1. The quantitative estimate of drug-likeness (QED) is 0.452. The van der Waals surface area contributed by atoms with Gasteiger partial charge in [0.05, 0.1) is 6.61 Å². The van der Waals surface area contributed by atoms with Crippen molar-refractivity contribution in [3.8, 4) is 17.2 Å². The summed E-state index contributed by atoms with van der Waals surface area (Å²) in [5.41, 5.74) is 4.70. The van der Waals surface area contributed by atoms with E-state index in [0.29, 0.717) is 29.5 Å². The van der Waals surface area contributed by atoms with E-state index in [1.54, 1.807) is 12.1 Å². The summed E-state index contributed by atoms with van der Waals surface area (Å²) >= 11 is 0. The largest absolute Gasteiger partial charge is 0.494 e. The maximum absolute atomic E-state index is 12.7. The number of carbonyl (C=O) groups excluding carboxylic acids is 1. The van der Waals surface area contributed by atoms with Crippen LogP contribution in [0.1, 0.15) is 29.3 Å². The van der Waals surface area contributed by atoms with Crippen molar-refractivity contribution in [3.05, 3.63) is 77.9 Å². The summed E-state index contributed by atoms with van der Waals surface area (Å²) in [6, 6.07) is 20.5. The van der Waals surface area contributed by atoms with Crippen LogP contribution in [0.4, 0.5) is 5.69 Å². The van der Waals surface area contributed by atoms with E-state index in [-0.39, 0.29) is 5.91 Å². The Morgan fingerprint density at radius 3 is 2.79 bits per heavy atom. The molecule has 4 rings (SSSR count). The number of nitrogens with zero attached hydrogens (tertiary/aromatic N) is 1. The molecule has 0 atom stereocenters. The molecular formula is C24H22N2O3. The average Bonchev–Trinajstić information content (AvgIpc) is 3.16. The van der Waals surface area contributed by atoms with Crippen molar-refractivity contribution >= 4 is 22.7 Å². The van der Waals surface area contributed by atoms with Crippen LogP contribution in [0.2, 0.25) is 0 Å². The molecular weight excluding hydrogens is 364 g/mol. The monoisotopic (exact) mass is 386 g/mol. The number of ether oxygens (including phenoxy) is 1. The summed E-state index contributed by atoms with van der Waals surface area (Å²) < 4.78 is 11.5. The molecule has 0 saturated carbocycles. The highest BCUT2D eigenvalue weighted by Crippen LogP contribution is 2.27. The number of hydrogen-bond acceptors (Lipinski definition) is 4. The number of aryl methyl sites for hydroxylation is 1. The molecule has 1 heterocycles. The lowest BCUT2D eigenvalue weighted by atomic mass is 10.1. The summed E-state index contributed by atoms with van der Waals surface area (Å²) in [4.78, 5) is 17.2. The molecule has 4 aromatic rings. The summed E-state index contributed by atoms with van der Waals surface area (Å²) in [6.07, 6.45) is 0.915. The fraction of sp³-hybridized carbons (Fsp3) is 0.167. The van der Waals surface area contributed by atoms with Crippen molar-refractivity contribution in [1.82, 2.24) is 4.98 Å². The minimum atomic E-state index is -0.197. The van der Waals surface area contributed by atoms with Gasteiger partial charge in [-0.15, -0.1) is 0 Å². The second-order valence-corrected chi connectivity index (χ2v) is 6.90. The van der Waals surface area contributed by atoms with E-state index in [0.717, 1.165) is 28.6 Å². The van der Waals surface area contributed by atoms with Crippen molar-refractivity contribution in [2.75, 3.05) is 11.9 Å². The van der Waals surface area contributed by atoms with E-state index < -0.39 is 0 Å². The Hall–Kier alpha value is -3.60. The van der Waals surface area contributed by atoms with Crippen molar-refractivity contribution in [2.24, 2.45) is 0 Å². The molecule has 0 bridgehead atoms. The predicted octanol–water partition coefficient (Wildman–Crippen LogP) is 5.84. The zero-order chi connectivity index (χ0) is 20.2. The molecule has 0 unspecified atom stereocenters. The Morgan fingerprint density at radius 1 is 1.07 bits per heavy atom. The van der Waals surface area contributed by atoms with Crippen LogP contribution < -0.4 is 10.1 Å². The number of amides is 1. The van der Waals surface area contributed by atoms with Gasteiger partial charge in [0.1, 0.15) is 11.3 Å². The minimum Gasteiger partial charge on any atom is -0.494 e.